The summed E-state index contributed by atoms with van der Waals surface area (Å²) in [6.07, 6.45) is 1.08. The predicted molar refractivity (Wildman–Crippen MR) is 91.0 cm³/mol. The van der Waals surface area contributed by atoms with E-state index in [1.54, 1.807) is 16.4 Å². The first-order valence-corrected chi connectivity index (χ1v) is 10.1. The quantitative estimate of drug-likeness (QED) is 0.826. The maximum atomic E-state index is 12.9. The van der Waals surface area contributed by atoms with Gasteiger partial charge in [0.25, 0.3) is 10.0 Å². The minimum absolute atomic E-state index is 0.0983. The van der Waals surface area contributed by atoms with Crippen molar-refractivity contribution < 1.29 is 8.42 Å². The molecule has 1 aromatic heterocycles. The molecule has 0 aromatic carbocycles. The third-order valence-corrected chi connectivity index (χ3v) is 8.65. The number of fused-ring (bicyclic) bond motifs is 1. The molecule has 0 amide bonds. The highest BCUT2D eigenvalue weighted by molar-refractivity contribution is 7.91. The molecule has 0 unspecified atom stereocenters. The van der Waals surface area contributed by atoms with Gasteiger partial charge in [0.2, 0.25) is 0 Å². The second-order valence-corrected chi connectivity index (χ2v) is 11.6. The molecule has 0 radical (unpaired) electrons. The molecule has 2 atom stereocenters. The first kappa shape index (κ1) is 16.7. The normalized spacial score (nSPS) is 31.3. The van der Waals surface area contributed by atoms with E-state index >= 15 is 0 Å². The first-order valence-electron chi connectivity index (χ1n) is 7.47. The summed E-state index contributed by atoms with van der Waals surface area (Å²) >= 11 is 7.06. The number of nitrogens with zero attached hydrogens (tertiary/aromatic N) is 2. The maximum absolute atomic E-state index is 12.9. The standard InChI is InChI=1S/C15H23ClN2O2S2/c1-14(2)8-15(9-17(3)4)10-18(7-11(14)15)22(19,20)13-6-5-12(16)21-13/h5-6,11H,7-10H2,1-4H3/t11-,15+/m1/s1. The summed E-state index contributed by atoms with van der Waals surface area (Å²) in [6.45, 7) is 6.70. The Bertz CT molecular complexity index is 679. The zero-order valence-corrected chi connectivity index (χ0v) is 15.9. The van der Waals surface area contributed by atoms with Crippen molar-refractivity contribution in [2.24, 2.45) is 16.7 Å². The lowest BCUT2D eigenvalue weighted by Gasteiger charge is -2.57. The summed E-state index contributed by atoms with van der Waals surface area (Å²) in [4.78, 5) is 2.18. The topological polar surface area (TPSA) is 40.6 Å². The molecule has 0 N–H and O–H groups in total. The van der Waals surface area contributed by atoms with Gasteiger partial charge in [-0.2, -0.15) is 4.31 Å². The highest BCUT2D eigenvalue weighted by Crippen LogP contribution is 2.63. The number of rotatable bonds is 4. The molecule has 0 spiro atoms. The fourth-order valence-electron chi connectivity index (χ4n) is 4.67. The van der Waals surface area contributed by atoms with Gasteiger partial charge in [-0.05, 0) is 44.0 Å². The van der Waals surface area contributed by atoms with E-state index in [0.717, 1.165) is 24.3 Å². The van der Waals surface area contributed by atoms with Crippen molar-refractivity contribution in [1.82, 2.24) is 9.21 Å². The Morgan fingerprint density at radius 2 is 2.09 bits per heavy atom. The largest absolute Gasteiger partial charge is 0.309 e. The Kier molecular flexibility index (Phi) is 3.93. The summed E-state index contributed by atoms with van der Waals surface area (Å²) in [5.41, 5.74) is 0.314. The number of halogens is 1. The van der Waals surface area contributed by atoms with Gasteiger partial charge in [-0.25, -0.2) is 8.42 Å². The maximum Gasteiger partial charge on any atom is 0.252 e. The van der Waals surface area contributed by atoms with E-state index in [1.807, 2.05) is 0 Å². The number of sulfonamides is 1. The van der Waals surface area contributed by atoms with Gasteiger partial charge in [0.15, 0.2) is 0 Å². The Morgan fingerprint density at radius 3 is 2.59 bits per heavy atom. The zero-order chi connectivity index (χ0) is 16.3. The second kappa shape index (κ2) is 5.18. The van der Waals surface area contributed by atoms with Crippen molar-refractivity contribution in [3.05, 3.63) is 16.5 Å². The Hall–Kier alpha value is -0.140. The van der Waals surface area contributed by atoms with E-state index in [0.29, 0.717) is 27.6 Å². The highest BCUT2D eigenvalue weighted by atomic mass is 35.5. The minimum atomic E-state index is -3.42. The van der Waals surface area contributed by atoms with Gasteiger partial charge in [0.1, 0.15) is 4.21 Å². The molecule has 3 rings (SSSR count). The van der Waals surface area contributed by atoms with Crippen LogP contribution >= 0.6 is 22.9 Å². The van der Waals surface area contributed by atoms with Crippen LogP contribution in [-0.4, -0.2) is 51.4 Å². The molecule has 1 aliphatic heterocycles. The van der Waals surface area contributed by atoms with E-state index in [2.05, 4.69) is 32.8 Å². The van der Waals surface area contributed by atoms with E-state index in [9.17, 15) is 8.42 Å². The van der Waals surface area contributed by atoms with Crippen molar-refractivity contribution in [3.8, 4) is 0 Å². The lowest BCUT2D eigenvalue weighted by molar-refractivity contribution is -0.0789. The molecule has 2 fully saturated rings. The van der Waals surface area contributed by atoms with E-state index in [1.165, 1.54) is 0 Å². The van der Waals surface area contributed by atoms with E-state index in [4.69, 9.17) is 11.6 Å². The van der Waals surface area contributed by atoms with Crippen molar-refractivity contribution >= 4 is 33.0 Å². The minimum Gasteiger partial charge on any atom is -0.309 e. The van der Waals surface area contributed by atoms with Gasteiger partial charge in [-0.1, -0.05) is 25.4 Å². The number of hydrogen-bond acceptors (Lipinski definition) is 4. The summed E-state index contributed by atoms with van der Waals surface area (Å²) in [6, 6.07) is 3.27. The van der Waals surface area contributed by atoms with Crippen LogP contribution in [0.25, 0.3) is 0 Å². The molecular weight excluding hydrogens is 340 g/mol. The number of thiophene rings is 1. The summed E-state index contributed by atoms with van der Waals surface area (Å²) in [5, 5.41) is 0. The van der Waals surface area contributed by atoms with Gasteiger partial charge in [-0.15, -0.1) is 11.3 Å². The Morgan fingerprint density at radius 1 is 1.41 bits per heavy atom. The average molecular weight is 363 g/mol. The van der Waals surface area contributed by atoms with Gasteiger partial charge in [0, 0.05) is 25.0 Å². The fourth-order valence-corrected chi connectivity index (χ4v) is 7.86. The van der Waals surface area contributed by atoms with Gasteiger partial charge >= 0.3 is 0 Å². The van der Waals surface area contributed by atoms with Crippen molar-refractivity contribution in [3.63, 3.8) is 0 Å². The van der Waals surface area contributed by atoms with Crippen molar-refractivity contribution in [2.45, 2.75) is 24.5 Å². The van der Waals surface area contributed by atoms with Crippen LogP contribution in [0.15, 0.2) is 16.3 Å². The third kappa shape index (κ3) is 2.53. The van der Waals surface area contributed by atoms with Crippen LogP contribution in [0.1, 0.15) is 20.3 Å². The predicted octanol–water partition coefficient (Wildman–Crippen LogP) is 3.00. The van der Waals surface area contributed by atoms with Crippen LogP contribution in [0.2, 0.25) is 4.34 Å². The van der Waals surface area contributed by atoms with Crippen molar-refractivity contribution in [2.75, 3.05) is 33.7 Å². The molecular formula is C15H23ClN2O2S2. The van der Waals surface area contributed by atoms with Crippen LogP contribution in [0.4, 0.5) is 0 Å². The van der Waals surface area contributed by atoms with E-state index in [-0.39, 0.29) is 10.8 Å². The molecule has 1 aliphatic carbocycles. The molecule has 1 aromatic rings. The summed E-state index contributed by atoms with van der Waals surface area (Å²) in [7, 11) is 0.707. The molecule has 1 saturated heterocycles. The summed E-state index contributed by atoms with van der Waals surface area (Å²) < 4.78 is 28.3. The average Bonchev–Trinajstić information content (AvgIpc) is 2.91. The van der Waals surface area contributed by atoms with Crippen LogP contribution in [-0.2, 0) is 10.0 Å². The highest BCUT2D eigenvalue weighted by Gasteiger charge is 2.64. The van der Waals surface area contributed by atoms with Crippen LogP contribution in [0.3, 0.4) is 0 Å². The van der Waals surface area contributed by atoms with E-state index < -0.39 is 10.0 Å². The van der Waals surface area contributed by atoms with Gasteiger partial charge in [-0.3, -0.25) is 0 Å². The van der Waals surface area contributed by atoms with Crippen LogP contribution in [0, 0.1) is 16.7 Å². The molecule has 2 aliphatic rings. The lowest BCUT2D eigenvalue weighted by Crippen LogP contribution is -2.57. The molecule has 4 nitrogen and oxygen atoms in total. The Balaban J connectivity index is 1.89. The molecule has 22 heavy (non-hydrogen) atoms. The zero-order valence-electron chi connectivity index (χ0n) is 13.5. The SMILES string of the molecule is CN(C)C[C@@]12CN(S(=O)(=O)c3ccc(Cl)s3)C[C@@H]1C(C)(C)C2. The molecule has 1 saturated carbocycles. The fraction of sp³-hybridized carbons (Fsp3) is 0.733. The molecule has 7 heteroatoms. The summed E-state index contributed by atoms with van der Waals surface area (Å²) in [5.74, 6) is 0.424. The number of hydrogen-bond donors (Lipinski definition) is 0. The molecule has 124 valence electrons. The van der Waals surface area contributed by atoms with Crippen LogP contribution < -0.4 is 0 Å². The smallest absolute Gasteiger partial charge is 0.252 e. The van der Waals surface area contributed by atoms with Crippen LogP contribution in [0.5, 0.6) is 0 Å². The monoisotopic (exact) mass is 362 g/mol. The first-order chi connectivity index (χ1) is 10.1. The van der Waals surface area contributed by atoms with Gasteiger partial charge < -0.3 is 4.90 Å². The molecule has 2 heterocycles. The Labute approximate surface area is 142 Å². The molecule has 0 bridgehead atoms. The van der Waals surface area contributed by atoms with Crippen molar-refractivity contribution in [1.29, 1.82) is 0 Å². The third-order valence-electron chi connectivity index (χ3n) is 5.14. The second-order valence-electron chi connectivity index (χ2n) is 7.67. The van der Waals surface area contributed by atoms with Gasteiger partial charge in [0.05, 0.1) is 4.34 Å². The lowest BCUT2D eigenvalue weighted by atomic mass is 9.48.